The Morgan fingerprint density at radius 1 is 1.10 bits per heavy atom. The smallest absolute Gasteiger partial charge is 0.495 e. The highest BCUT2D eigenvalue weighted by atomic mass is 32.2. The molecule has 0 aliphatic carbocycles. The molecule has 0 spiro atoms. The predicted octanol–water partition coefficient (Wildman–Crippen LogP) is 3.21. The lowest BCUT2D eigenvalue weighted by Gasteiger charge is -2.14. The molecule has 0 aromatic heterocycles. The van der Waals surface area contributed by atoms with Gasteiger partial charge >= 0.3 is 6.36 Å². The van der Waals surface area contributed by atoms with Crippen LogP contribution in [0, 0.1) is 0 Å². The number of carbonyl (C=O) groups excluding carboxylic acids is 1. The summed E-state index contributed by atoms with van der Waals surface area (Å²) in [5.74, 6) is -0.852. The van der Waals surface area contributed by atoms with Gasteiger partial charge < -0.3 is 14.8 Å². The molecule has 2 aromatic carbocycles. The van der Waals surface area contributed by atoms with Gasteiger partial charge in [0.15, 0.2) is 0 Å². The van der Waals surface area contributed by atoms with E-state index in [9.17, 15) is 26.4 Å². The maximum Gasteiger partial charge on any atom is 0.573 e. The molecule has 0 aliphatic rings. The number of sulfonamides is 1. The lowest BCUT2D eigenvalue weighted by atomic mass is 10.2. The predicted molar refractivity (Wildman–Crippen MR) is 103 cm³/mol. The first-order valence-corrected chi connectivity index (χ1v) is 10.2. The van der Waals surface area contributed by atoms with Gasteiger partial charge in [-0.1, -0.05) is 12.1 Å². The van der Waals surface area contributed by atoms with Crippen LogP contribution in [0.15, 0.2) is 47.4 Å². The number of benzene rings is 2. The van der Waals surface area contributed by atoms with Crippen molar-refractivity contribution in [2.24, 2.45) is 0 Å². The first-order valence-electron chi connectivity index (χ1n) is 8.74. The molecular weight excluding hydrogens is 425 g/mol. The third kappa shape index (κ3) is 6.63. The third-order valence-corrected chi connectivity index (χ3v) is 5.40. The largest absolute Gasteiger partial charge is 0.573 e. The maximum atomic E-state index is 12.5. The molecule has 1 amide bonds. The fraction of sp³-hybridized carbons (Fsp3) is 0.316. The highest BCUT2D eigenvalue weighted by Crippen LogP contribution is 2.25. The van der Waals surface area contributed by atoms with Crippen molar-refractivity contribution < 1.29 is 35.9 Å². The average Bonchev–Trinajstić information content (AvgIpc) is 2.64. The highest BCUT2D eigenvalue weighted by Gasteiger charge is 2.31. The van der Waals surface area contributed by atoms with Crippen LogP contribution in [0.25, 0.3) is 0 Å². The molecule has 11 heteroatoms. The van der Waals surface area contributed by atoms with Gasteiger partial charge in [0.05, 0.1) is 7.11 Å². The molecule has 0 unspecified atom stereocenters. The van der Waals surface area contributed by atoms with Crippen LogP contribution < -0.4 is 19.5 Å². The molecule has 0 saturated heterocycles. The number of amides is 1. The summed E-state index contributed by atoms with van der Waals surface area (Å²) in [6, 6.07) is 8.61. The summed E-state index contributed by atoms with van der Waals surface area (Å²) in [6.45, 7) is 3.33. The summed E-state index contributed by atoms with van der Waals surface area (Å²) in [5.41, 5.74) is 0.609. The number of carbonyl (C=O) groups is 1. The Morgan fingerprint density at radius 3 is 2.27 bits per heavy atom. The molecule has 2 N–H and O–H groups in total. The molecule has 0 saturated carbocycles. The number of rotatable bonds is 8. The number of nitrogens with one attached hydrogen (secondary N) is 2. The van der Waals surface area contributed by atoms with E-state index in [1.165, 1.54) is 37.4 Å². The van der Waals surface area contributed by atoms with Crippen molar-refractivity contribution in [1.82, 2.24) is 10.0 Å². The van der Waals surface area contributed by atoms with Gasteiger partial charge in [-0.3, -0.25) is 4.79 Å². The van der Waals surface area contributed by atoms with Gasteiger partial charge in [0.1, 0.15) is 16.4 Å². The molecule has 0 bridgehead atoms. The number of alkyl halides is 3. The van der Waals surface area contributed by atoms with Crippen molar-refractivity contribution in [1.29, 1.82) is 0 Å². The van der Waals surface area contributed by atoms with Crippen LogP contribution in [0.5, 0.6) is 11.5 Å². The first kappa shape index (κ1) is 23.5. The van der Waals surface area contributed by atoms with Gasteiger partial charge in [-0.05, 0) is 49.7 Å². The van der Waals surface area contributed by atoms with E-state index in [1.807, 2.05) is 0 Å². The average molecular weight is 446 g/mol. The van der Waals surface area contributed by atoms with E-state index in [-0.39, 0.29) is 34.5 Å². The fourth-order valence-corrected chi connectivity index (χ4v) is 3.94. The van der Waals surface area contributed by atoms with Crippen LogP contribution in [-0.2, 0) is 16.6 Å². The van der Waals surface area contributed by atoms with Crippen LogP contribution in [-0.4, -0.2) is 33.8 Å². The van der Waals surface area contributed by atoms with E-state index < -0.39 is 22.3 Å². The summed E-state index contributed by atoms with van der Waals surface area (Å²) in [7, 11) is -2.59. The summed E-state index contributed by atoms with van der Waals surface area (Å²) in [4.78, 5) is 12.3. The van der Waals surface area contributed by atoms with Crippen LogP contribution >= 0.6 is 0 Å². The Morgan fingerprint density at radius 2 is 1.73 bits per heavy atom. The quantitative estimate of drug-likeness (QED) is 0.650. The second kappa shape index (κ2) is 9.35. The van der Waals surface area contributed by atoms with Crippen molar-refractivity contribution in [2.45, 2.75) is 37.7 Å². The van der Waals surface area contributed by atoms with Crippen LogP contribution in [0.3, 0.4) is 0 Å². The monoisotopic (exact) mass is 446 g/mol. The minimum atomic E-state index is -4.79. The van der Waals surface area contributed by atoms with Crippen LogP contribution in [0.4, 0.5) is 13.2 Å². The maximum absolute atomic E-state index is 12.5. The summed E-state index contributed by atoms with van der Waals surface area (Å²) in [6.07, 6.45) is -4.79. The second-order valence-corrected chi connectivity index (χ2v) is 8.20. The molecule has 2 rings (SSSR count). The normalized spacial score (nSPS) is 12.0. The zero-order valence-electron chi connectivity index (χ0n) is 16.4. The standard InChI is InChI=1S/C19H21F3N2O5S/c1-12(2)24-30(26,27)17-10-14(6-9-16(17)28-3)18(25)23-11-13-4-7-15(8-5-13)29-19(20,21)22/h4-10,12,24H,11H2,1-3H3,(H,23,25). The third-order valence-electron chi connectivity index (χ3n) is 3.72. The molecule has 0 heterocycles. The molecule has 30 heavy (non-hydrogen) atoms. The van der Waals surface area contributed by atoms with Gasteiger partial charge in [-0.15, -0.1) is 13.2 Å². The zero-order chi connectivity index (χ0) is 22.5. The molecule has 0 aliphatic heterocycles. The van der Waals surface area contributed by atoms with E-state index >= 15 is 0 Å². The first-order chi connectivity index (χ1) is 13.9. The van der Waals surface area contributed by atoms with E-state index in [2.05, 4.69) is 14.8 Å². The number of hydrogen-bond donors (Lipinski definition) is 2. The Hall–Kier alpha value is -2.79. The Labute approximate surface area is 172 Å². The zero-order valence-corrected chi connectivity index (χ0v) is 17.2. The van der Waals surface area contributed by atoms with Crippen molar-refractivity contribution in [3.8, 4) is 11.5 Å². The molecular formula is C19H21F3N2O5S. The lowest BCUT2D eigenvalue weighted by molar-refractivity contribution is -0.274. The molecule has 0 radical (unpaired) electrons. The highest BCUT2D eigenvalue weighted by molar-refractivity contribution is 7.89. The van der Waals surface area contributed by atoms with Crippen LogP contribution in [0.2, 0.25) is 0 Å². The molecule has 0 atom stereocenters. The molecule has 7 nitrogen and oxygen atoms in total. The van der Waals surface area contributed by atoms with Crippen molar-refractivity contribution in [3.63, 3.8) is 0 Å². The van der Waals surface area contributed by atoms with Gasteiger partial charge in [0.25, 0.3) is 5.91 Å². The van der Waals surface area contributed by atoms with E-state index in [4.69, 9.17) is 4.74 Å². The topological polar surface area (TPSA) is 93.7 Å². The number of hydrogen-bond acceptors (Lipinski definition) is 5. The number of ether oxygens (including phenoxy) is 2. The minimum Gasteiger partial charge on any atom is -0.495 e. The minimum absolute atomic E-state index is 0.0173. The van der Waals surface area contributed by atoms with E-state index in [0.29, 0.717) is 5.56 Å². The Bertz CT molecular complexity index is 990. The Kier molecular flexibility index (Phi) is 7.32. The molecule has 2 aromatic rings. The van der Waals surface area contributed by atoms with E-state index in [1.54, 1.807) is 13.8 Å². The molecule has 0 fully saturated rings. The number of methoxy groups -OCH3 is 1. The Balaban J connectivity index is 2.13. The van der Waals surface area contributed by atoms with Gasteiger partial charge in [0, 0.05) is 18.2 Å². The lowest BCUT2D eigenvalue weighted by Crippen LogP contribution is -2.31. The van der Waals surface area contributed by atoms with E-state index in [0.717, 1.165) is 12.1 Å². The van der Waals surface area contributed by atoms with Gasteiger partial charge in [0.2, 0.25) is 10.0 Å². The van der Waals surface area contributed by atoms with Crippen LogP contribution in [0.1, 0.15) is 29.8 Å². The van der Waals surface area contributed by atoms with Gasteiger partial charge in [-0.2, -0.15) is 0 Å². The number of halogens is 3. The second-order valence-electron chi connectivity index (χ2n) is 6.52. The summed E-state index contributed by atoms with van der Waals surface area (Å²) >= 11 is 0. The van der Waals surface area contributed by atoms with Crippen molar-refractivity contribution in [3.05, 3.63) is 53.6 Å². The SMILES string of the molecule is COc1ccc(C(=O)NCc2ccc(OC(F)(F)F)cc2)cc1S(=O)(=O)NC(C)C. The fourth-order valence-electron chi connectivity index (χ4n) is 2.50. The molecule has 164 valence electrons. The van der Waals surface area contributed by atoms with Crippen molar-refractivity contribution in [2.75, 3.05) is 7.11 Å². The van der Waals surface area contributed by atoms with Crippen molar-refractivity contribution >= 4 is 15.9 Å². The van der Waals surface area contributed by atoms with Gasteiger partial charge in [-0.25, -0.2) is 13.1 Å². The summed E-state index contributed by atoms with van der Waals surface area (Å²) < 4.78 is 72.8. The summed E-state index contributed by atoms with van der Waals surface area (Å²) in [5, 5.41) is 2.58.